The second kappa shape index (κ2) is 8.33. The molecule has 23 heavy (non-hydrogen) atoms. The molecule has 1 aromatic carbocycles. The third-order valence-corrected chi connectivity index (χ3v) is 4.62. The lowest BCUT2D eigenvalue weighted by molar-refractivity contribution is -0.113. The average molecular weight is 314 g/mol. The van der Waals surface area contributed by atoms with Crippen LogP contribution in [0.15, 0.2) is 29.5 Å². The number of rotatable bonds is 8. The van der Waals surface area contributed by atoms with E-state index in [4.69, 9.17) is 4.74 Å². The van der Waals surface area contributed by atoms with Crippen LogP contribution in [0.4, 0.5) is 0 Å². The lowest BCUT2D eigenvalue weighted by Crippen LogP contribution is -2.15. The number of ether oxygens (including phenoxy) is 1. The van der Waals surface area contributed by atoms with Crippen molar-refractivity contribution in [2.45, 2.75) is 78.6 Å². The molecular formula is C21H30O2. The van der Waals surface area contributed by atoms with E-state index >= 15 is 0 Å². The van der Waals surface area contributed by atoms with Crippen molar-refractivity contribution in [3.63, 3.8) is 0 Å². The topological polar surface area (TPSA) is 26.3 Å². The molecule has 1 aliphatic rings. The maximum Gasteiger partial charge on any atom is 0.159 e. The smallest absolute Gasteiger partial charge is 0.159 e. The number of Topliss-reactive ketones (excluding diaryl/α,β-unsaturated/α-hetero) is 1. The molecule has 0 N–H and O–H groups in total. The summed E-state index contributed by atoms with van der Waals surface area (Å²) < 4.78 is 6.11. The van der Waals surface area contributed by atoms with Crippen LogP contribution in [0.1, 0.15) is 83.3 Å². The Morgan fingerprint density at radius 1 is 1.17 bits per heavy atom. The minimum atomic E-state index is 0.147. The minimum absolute atomic E-state index is 0.147. The van der Waals surface area contributed by atoms with Crippen LogP contribution in [-0.4, -0.2) is 5.78 Å². The fourth-order valence-corrected chi connectivity index (χ4v) is 3.09. The molecule has 0 unspecified atom stereocenters. The molecule has 0 atom stereocenters. The molecule has 0 saturated heterocycles. The molecule has 0 aromatic heterocycles. The van der Waals surface area contributed by atoms with E-state index in [2.05, 4.69) is 39.0 Å². The quantitative estimate of drug-likeness (QED) is 0.554. The van der Waals surface area contributed by atoms with Gasteiger partial charge in [0.25, 0.3) is 0 Å². The van der Waals surface area contributed by atoms with E-state index in [1.165, 1.54) is 31.2 Å². The Hall–Kier alpha value is -1.57. The van der Waals surface area contributed by atoms with Crippen LogP contribution < -0.4 is 4.74 Å². The largest absolute Gasteiger partial charge is 0.461 e. The predicted molar refractivity (Wildman–Crippen MR) is 95.9 cm³/mol. The lowest BCUT2D eigenvalue weighted by Gasteiger charge is -2.23. The Balaban J connectivity index is 2.10. The van der Waals surface area contributed by atoms with Crippen molar-refractivity contribution < 1.29 is 9.53 Å². The fourth-order valence-electron chi connectivity index (χ4n) is 3.09. The summed E-state index contributed by atoms with van der Waals surface area (Å²) in [6.07, 6.45) is 7.73. The Labute approximate surface area is 140 Å². The van der Waals surface area contributed by atoms with Crippen LogP contribution >= 0.6 is 0 Å². The van der Waals surface area contributed by atoms with Crippen LogP contribution in [0.3, 0.4) is 0 Å². The van der Waals surface area contributed by atoms with E-state index in [0.29, 0.717) is 5.92 Å². The average Bonchev–Trinajstić information content (AvgIpc) is 2.53. The molecule has 0 aliphatic carbocycles. The molecule has 2 rings (SSSR count). The highest BCUT2D eigenvalue weighted by Gasteiger charge is 2.22. The van der Waals surface area contributed by atoms with Gasteiger partial charge in [-0.3, -0.25) is 4.79 Å². The first-order valence-corrected chi connectivity index (χ1v) is 9.06. The van der Waals surface area contributed by atoms with Crippen LogP contribution in [0.25, 0.3) is 0 Å². The van der Waals surface area contributed by atoms with Gasteiger partial charge in [0.05, 0.1) is 0 Å². The third-order valence-electron chi connectivity index (χ3n) is 4.62. The molecule has 1 aliphatic heterocycles. The summed E-state index contributed by atoms with van der Waals surface area (Å²) >= 11 is 0. The van der Waals surface area contributed by atoms with E-state index in [9.17, 15) is 4.79 Å². The van der Waals surface area contributed by atoms with Crippen LogP contribution in [-0.2, 0) is 11.2 Å². The normalized spacial score (nSPS) is 14.0. The van der Waals surface area contributed by atoms with Gasteiger partial charge in [-0.2, -0.15) is 0 Å². The highest BCUT2D eigenvalue weighted by molar-refractivity contribution is 5.94. The molecule has 1 aromatic rings. The Bertz CT molecular complexity index is 582. The number of benzene rings is 1. The number of unbranched alkanes of at least 4 members (excludes halogenated alkanes) is 4. The number of allylic oxidation sites excluding steroid dienone is 2. The minimum Gasteiger partial charge on any atom is -0.461 e. The summed E-state index contributed by atoms with van der Waals surface area (Å²) in [6, 6.07) is 6.40. The van der Waals surface area contributed by atoms with Gasteiger partial charge in [-0.15, -0.1) is 0 Å². The van der Waals surface area contributed by atoms with Crippen LogP contribution in [0.2, 0.25) is 0 Å². The van der Waals surface area contributed by atoms with Crippen molar-refractivity contribution in [2.75, 3.05) is 0 Å². The third kappa shape index (κ3) is 4.70. The summed E-state index contributed by atoms with van der Waals surface area (Å²) in [6.45, 7) is 8.26. The first-order chi connectivity index (χ1) is 11.0. The number of hydrogen-bond donors (Lipinski definition) is 0. The summed E-state index contributed by atoms with van der Waals surface area (Å²) in [5.41, 5.74) is 3.32. The standard InChI is InChI=1S/C21H30O2/c1-5-6-7-8-9-10-21-19(16(4)22)14-18-13-17(15(2)3)11-12-20(18)23-21/h11-13,15H,5-10,14H2,1-4H3. The van der Waals surface area contributed by atoms with Gasteiger partial charge < -0.3 is 4.74 Å². The van der Waals surface area contributed by atoms with E-state index in [0.717, 1.165) is 41.9 Å². The Kier molecular flexibility index (Phi) is 6.44. The maximum absolute atomic E-state index is 12.0. The monoisotopic (exact) mass is 314 g/mol. The molecular weight excluding hydrogens is 284 g/mol. The van der Waals surface area contributed by atoms with Crippen molar-refractivity contribution in [3.05, 3.63) is 40.7 Å². The molecule has 2 nitrogen and oxygen atoms in total. The molecule has 1 heterocycles. The predicted octanol–water partition coefficient (Wildman–Crippen LogP) is 5.95. The molecule has 0 radical (unpaired) electrons. The summed E-state index contributed by atoms with van der Waals surface area (Å²) in [5, 5.41) is 0. The second-order valence-corrected chi connectivity index (χ2v) is 6.92. The SMILES string of the molecule is CCCCCCCC1=C(C(C)=O)Cc2cc(C(C)C)ccc2O1. The highest BCUT2D eigenvalue weighted by Crippen LogP contribution is 2.34. The van der Waals surface area contributed by atoms with E-state index in [1.807, 2.05) is 0 Å². The zero-order valence-electron chi connectivity index (χ0n) is 15.1. The van der Waals surface area contributed by atoms with Crippen molar-refractivity contribution in [1.29, 1.82) is 0 Å². The molecule has 0 bridgehead atoms. The van der Waals surface area contributed by atoms with Gasteiger partial charge >= 0.3 is 0 Å². The fraction of sp³-hybridized carbons (Fsp3) is 0.571. The van der Waals surface area contributed by atoms with E-state index < -0.39 is 0 Å². The van der Waals surface area contributed by atoms with E-state index in [1.54, 1.807) is 6.92 Å². The summed E-state index contributed by atoms with van der Waals surface area (Å²) in [5.74, 6) is 2.47. The maximum atomic E-state index is 12.0. The second-order valence-electron chi connectivity index (χ2n) is 6.92. The summed E-state index contributed by atoms with van der Waals surface area (Å²) in [4.78, 5) is 12.0. The van der Waals surface area contributed by atoms with Gasteiger partial charge in [0.2, 0.25) is 0 Å². The molecule has 0 spiro atoms. The molecule has 126 valence electrons. The van der Waals surface area contributed by atoms with Gasteiger partial charge in [0.15, 0.2) is 5.78 Å². The molecule has 0 fully saturated rings. The zero-order chi connectivity index (χ0) is 16.8. The van der Waals surface area contributed by atoms with Gasteiger partial charge in [-0.05, 0) is 36.5 Å². The summed E-state index contributed by atoms with van der Waals surface area (Å²) in [7, 11) is 0. The van der Waals surface area contributed by atoms with Crippen LogP contribution in [0, 0.1) is 0 Å². The number of carbonyl (C=O) groups is 1. The van der Waals surface area contributed by atoms with Gasteiger partial charge in [-0.1, -0.05) is 58.6 Å². The Morgan fingerprint density at radius 2 is 1.91 bits per heavy atom. The van der Waals surface area contributed by atoms with Gasteiger partial charge in [-0.25, -0.2) is 0 Å². The van der Waals surface area contributed by atoms with Crippen molar-refractivity contribution in [1.82, 2.24) is 0 Å². The van der Waals surface area contributed by atoms with Crippen LogP contribution in [0.5, 0.6) is 5.75 Å². The lowest BCUT2D eigenvalue weighted by atomic mass is 9.92. The first kappa shape index (κ1) is 17.8. The highest BCUT2D eigenvalue weighted by atomic mass is 16.5. The van der Waals surface area contributed by atoms with E-state index in [-0.39, 0.29) is 5.78 Å². The number of ketones is 1. The number of hydrogen-bond acceptors (Lipinski definition) is 2. The van der Waals surface area contributed by atoms with Gasteiger partial charge in [0.1, 0.15) is 11.5 Å². The van der Waals surface area contributed by atoms with Crippen molar-refractivity contribution in [3.8, 4) is 5.75 Å². The molecule has 2 heteroatoms. The first-order valence-electron chi connectivity index (χ1n) is 9.06. The number of carbonyl (C=O) groups excluding carboxylic acids is 1. The zero-order valence-corrected chi connectivity index (χ0v) is 15.1. The number of fused-ring (bicyclic) bond motifs is 1. The Morgan fingerprint density at radius 3 is 2.57 bits per heavy atom. The van der Waals surface area contributed by atoms with Crippen molar-refractivity contribution in [2.24, 2.45) is 0 Å². The molecule has 0 amide bonds. The van der Waals surface area contributed by atoms with Crippen molar-refractivity contribution >= 4 is 5.78 Å². The van der Waals surface area contributed by atoms with Gasteiger partial charge in [0, 0.05) is 18.4 Å². The molecule has 0 saturated carbocycles.